The molecule has 17 heavy (non-hydrogen) atoms. The van der Waals surface area contributed by atoms with Gasteiger partial charge in [0.2, 0.25) is 0 Å². The third-order valence-corrected chi connectivity index (χ3v) is 2.49. The average molecular weight is 240 g/mol. The molecule has 1 atom stereocenters. The minimum absolute atomic E-state index is 0.334. The lowest BCUT2D eigenvalue weighted by atomic mass is 10.2. The van der Waals surface area contributed by atoms with E-state index in [4.69, 9.17) is 0 Å². The zero-order valence-electron chi connectivity index (χ0n) is 11.2. The van der Waals surface area contributed by atoms with Crippen LogP contribution in [0.3, 0.4) is 0 Å². The maximum Gasteiger partial charge on any atom is 0.0791 e. The number of aromatic nitrogens is 2. The molecule has 1 unspecified atom stereocenters. The van der Waals surface area contributed by atoms with E-state index in [1.807, 2.05) is 26.5 Å². The third kappa shape index (κ3) is 5.81. The van der Waals surface area contributed by atoms with Gasteiger partial charge < -0.3 is 10.4 Å². The Hall–Kier alpha value is -0.910. The van der Waals surface area contributed by atoms with Gasteiger partial charge in [-0.1, -0.05) is 13.8 Å². The van der Waals surface area contributed by atoms with Crippen LogP contribution in [0, 0.1) is 0 Å². The van der Waals surface area contributed by atoms with Crippen molar-refractivity contribution in [1.29, 1.82) is 0 Å². The van der Waals surface area contributed by atoms with Crippen LogP contribution >= 0.6 is 0 Å². The maximum absolute atomic E-state index is 9.83. The van der Waals surface area contributed by atoms with Crippen LogP contribution in [-0.4, -0.2) is 52.1 Å². The Morgan fingerprint density at radius 1 is 1.53 bits per heavy atom. The molecule has 0 aliphatic carbocycles. The first-order chi connectivity index (χ1) is 7.97. The van der Waals surface area contributed by atoms with E-state index in [1.165, 1.54) is 5.56 Å². The summed E-state index contributed by atoms with van der Waals surface area (Å²) in [6, 6.07) is 0.410. The molecule has 0 aromatic carbocycles. The van der Waals surface area contributed by atoms with Crippen molar-refractivity contribution in [3.63, 3.8) is 0 Å². The molecule has 1 rings (SSSR count). The van der Waals surface area contributed by atoms with Gasteiger partial charge in [0.1, 0.15) is 0 Å². The monoisotopic (exact) mass is 240 g/mol. The molecule has 5 heteroatoms. The van der Waals surface area contributed by atoms with Gasteiger partial charge in [0.25, 0.3) is 0 Å². The minimum Gasteiger partial charge on any atom is -0.390 e. The van der Waals surface area contributed by atoms with Gasteiger partial charge in [0.05, 0.1) is 12.3 Å². The van der Waals surface area contributed by atoms with E-state index >= 15 is 0 Å². The second-order valence-electron chi connectivity index (χ2n) is 4.94. The third-order valence-electron chi connectivity index (χ3n) is 2.49. The van der Waals surface area contributed by atoms with Gasteiger partial charge in [0.15, 0.2) is 0 Å². The predicted molar refractivity (Wildman–Crippen MR) is 68.7 cm³/mol. The van der Waals surface area contributed by atoms with E-state index in [-0.39, 0.29) is 6.10 Å². The van der Waals surface area contributed by atoms with E-state index in [1.54, 1.807) is 4.68 Å². The molecule has 0 aliphatic rings. The molecule has 0 fully saturated rings. The molecule has 1 aromatic heterocycles. The van der Waals surface area contributed by atoms with Crippen LogP contribution in [-0.2, 0) is 13.6 Å². The van der Waals surface area contributed by atoms with Crippen molar-refractivity contribution in [2.75, 3.05) is 20.1 Å². The Labute approximate surface area is 103 Å². The van der Waals surface area contributed by atoms with E-state index in [9.17, 15) is 5.11 Å². The number of nitrogens with zero attached hydrogens (tertiary/aromatic N) is 3. The van der Waals surface area contributed by atoms with Crippen molar-refractivity contribution in [1.82, 2.24) is 20.0 Å². The SMILES string of the molecule is CC(C)NCC(O)CN(C)Cc1cnn(C)c1. The maximum atomic E-state index is 9.83. The molecule has 0 spiro atoms. The zero-order chi connectivity index (χ0) is 12.8. The normalized spacial score (nSPS) is 13.6. The van der Waals surface area contributed by atoms with Gasteiger partial charge in [-0.2, -0.15) is 5.10 Å². The molecule has 0 saturated carbocycles. The Morgan fingerprint density at radius 2 is 2.24 bits per heavy atom. The van der Waals surface area contributed by atoms with Crippen molar-refractivity contribution in [3.05, 3.63) is 18.0 Å². The Morgan fingerprint density at radius 3 is 2.76 bits per heavy atom. The number of rotatable bonds is 7. The summed E-state index contributed by atoms with van der Waals surface area (Å²) in [4.78, 5) is 2.10. The lowest BCUT2D eigenvalue weighted by molar-refractivity contribution is 0.119. The summed E-state index contributed by atoms with van der Waals surface area (Å²) in [6.45, 7) is 6.26. The Kier molecular flexibility index (Phi) is 5.61. The van der Waals surface area contributed by atoms with Crippen LogP contribution in [0.1, 0.15) is 19.4 Å². The topological polar surface area (TPSA) is 53.3 Å². The number of hydrogen-bond acceptors (Lipinski definition) is 4. The number of aryl methyl sites for hydroxylation is 1. The average Bonchev–Trinajstić information content (AvgIpc) is 2.60. The number of hydrogen-bond donors (Lipinski definition) is 2. The smallest absolute Gasteiger partial charge is 0.0791 e. The van der Waals surface area contributed by atoms with E-state index in [2.05, 4.69) is 29.2 Å². The van der Waals surface area contributed by atoms with Crippen LogP contribution in [0.4, 0.5) is 0 Å². The van der Waals surface area contributed by atoms with Crippen LogP contribution in [0.2, 0.25) is 0 Å². The Bertz CT molecular complexity index is 324. The van der Waals surface area contributed by atoms with Crippen molar-refractivity contribution < 1.29 is 5.11 Å². The highest BCUT2D eigenvalue weighted by molar-refractivity contribution is 5.02. The van der Waals surface area contributed by atoms with E-state index in [0.29, 0.717) is 19.1 Å². The zero-order valence-corrected chi connectivity index (χ0v) is 11.2. The molecule has 0 saturated heterocycles. The fourth-order valence-electron chi connectivity index (χ4n) is 1.73. The number of likely N-dealkylation sites (N-methyl/N-ethyl adjacent to an activating group) is 1. The fourth-order valence-corrected chi connectivity index (χ4v) is 1.73. The molecule has 0 amide bonds. The summed E-state index contributed by atoms with van der Waals surface area (Å²) in [7, 11) is 3.91. The molecule has 0 bridgehead atoms. The number of aliphatic hydroxyl groups excluding tert-OH is 1. The standard InChI is InChI=1S/C12H24N4O/c1-10(2)13-6-12(17)9-15(3)7-11-5-14-16(4)8-11/h5,8,10,12-13,17H,6-7,9H2,1-4H3. The van der Waals surface area contributed by atoms with Crippen LogP contribution in [0.15, 0.2) is 12.4 Å². The molecule has 98 valence electrons. The summed E-state index contributed by atoms with van der Waals surface area (Å²) in [5, 5.41) is 17.2. The Balaban J connectivity index is 2.26. The lowest BCUT2D eigenvalue weighted by Gasteiger charge is -2.21. The van der Waals surface area contributed by atoms with Gasteiger partial charge in [0, 0.05) is 44.5 Å². The van der Waals surface area contributed by atoms with Crippen LogP contribution in [0.25, 0.3) is 0 Å². The second kappa shape index (κ2) is 6.74. The molecule has 1 aromatic rings. The van der Waals surface area contributed by atoms with E-state index < -0.39 is 0 Å². The summed E-state index contributed by atoms with van der Waals surface area (Å²) < 4.78 is 1.79. The first-order valence-corrected chi connectivity index (χ1v) is 6.05. The number of aliphatic hydroxyl groups is 1. The molecule has 0 radical (unpaired) electrons. The highest BCUT2D eigenvalue weighted by Crippen LogP contribution is 2.01. The van der Waals surface area contributed by atoms with Gasteiger partial charge in [-0.05, 0) is 7.05 Å². The largest absolute Gasteiger partial charge is 0.390 e. The molecule has 5 nitrogen and oxygen atoms in total. The molecule has 0 aliphatic heterocycles. The van der Waals surface area contributed by atoms with Crippen LogP contribution < -0.4 is 5.32 Å². The van der Waals surface area contributed by atoms with Crippen molar-refractivity contribution in [2.24, 2.45) is 7.05 Å². The lowest BCUT2D eigenvalue weighted by Crippen LogP contribution is -2.38. The van der Waals surface area contributed by atoms with Crippen molar-refractivity contribution in [3.8, 4) is 0 Å². The quantitative estimate of drug-likeness (QED) is 0.715. The first-order valence-electron chi connectivity index (χ1n) is 6.05. The van der Waals surface area contributed by atoms with Gasteiger partial charge in [-0.25, -0.2) is 0 Å². The number of nitrogens with one attached hydrogen (secondary N) is 1. The van der Waals surface area contributed by atoms with E-state index in [0.717, 1.165) is 6.54 Å². The van der Waals surface area contributed by atoms with Crippen molar-refractivity contribution in [2.45, 2.75) is 32.5 Å². The molecule has 1 heterocycles. The molecule has 2 N–H and O–H groups in total. The molecular formula is C12H24N4O. The summed E-state index contributed by atoms with van der Waals surface area (Å²) in [5.74, 6) is 0. The minimum atomic E-state index is -0.334. The predicted octanol–water partition coefficient (Wildman–Crippen LogP) is 0.211. The summed E-state index contributed by atoms with van der Waals surface area (Å²) in [5.41, 5.74) is 1.17. The fraction of sp³-hybridized carbons (Fsp3) is 0.750. The highest BCUT2D eigenvalue weighted by atomic mass is 16.3. The second-order valence-corrected chi connectivity index (χ2v) is 4.94. The highest BCUT2D eigenvalue weighted by Gasteiger charge is 2.09. The summed E-state index contributed by atoms with van der Waals surface area (Å²) in [6.07, 6.45) is 3.52. The van der Waals surface area contributed by atoms with Gasteiger partial charge in [-0.3, -0.25) is 9.58 Å². The van der Waals surface area contributed by atoms with Gasteiger partial charge in [-0.15, -0.1) is 0 Å². The van der Waals surface area contributed by atoms with Crippen LogP contribution in [0.5, 0.6) is 0 Å². The first kappa shape index (κ1) is 14.2. The summed E-state index contributed by atoms with van der Waals surface area (Å²) >= 11 is 0. The van der Waals surface area contributed by atoms with Crippen molar-refractivity contribution >= 4 is 0 Å². The molecular weight excluding hydrogens is 216 g/mol. The van der Waals surface area contributed by atoms with Gasteiger partial charge >= 0.3 is 0 Å².